The van der Waals surface area contributed by atoms with Gasteiger partial charge in [0.2, 0.25) is 5.69 Å². The molecule has 3 aromatic rings. The quantitative estimate of drug-likeness (QED) is 0.707. The maximum atomic E-state index is 12.7. The molecule has 0 atom stereocenters. The van der Waals surface area contributed by atoms with Gasteiger partial charge in [-0.15, -0.1) is 5.10 Å². The Kier molecular flexibility index (Phi) is 4.70. The van der Waals surface area contributed by atoms with Crippen LogP contribution in [0.3, 0.4) is 0 Å². The fourth-order valence-electron chi connectivity index (χ4n) is 2.28. The highest BCUT2D eigenvalue weighted by molar-refractivity contribution is 6.35. The molecule has 8 heteroatoms. The molecule has 124 valence electrons. The Balaban J connectivity index is 2.21. The second kappa shape index (κ2) is 6.93. The Morgan fingerprint density at radius 2 is 1.80 bits per heavy atom. The van der Waals surface area contributed by atoms with E-state index in [2.05, 4.69) is 5.10 Å². The van der Waals surface area contributed by atoms with Gasteiger partial charge in [-0.1, -0.05) is 47.5 Å². The molecule has 0 spiro atoms. The van der Waals surface area contributed by atoms with Crippen LogP contribution in [0.1, 0.15) is 11.3 Å². The minimum absolute atomic E-state index is 0.0995. The highest BCUT2D eigenvalue weighted by atomic mass is 35.5. The van der Waals surface area contributed by atoms with Crippen molar-refractivity contribution in [3.63, 3.8) is 0 Å². The molecule has 6 nitrogen and oxygen atoms in total. The van der Waals surface area contributed by atoms with E-state index in [4.69, 9.17) is 23.2 Å². The van der Waals surface area contributed by atoms with Crippen LogP contribution in [0.25, 0.3) is 5.69 Å². The highest BCUT2D eigenvalue weighted by Crippen LogP contribution is 2.21. The van der Waals surface area contributed by atoms with Gasteiger partial charge in [-0.2, -0.15) is 9.94 Å². The van der Waals surface area contributed by atoms with Gasteiger partial charge in [0, 0.05) is 10.0 Å². The number of nitriles is 1. The summed E-state index contributed by atoms with van der Waals surface area (Å²) in [6.07, 6.45) is 0. The molecule has 0 bridgehead atoms. The Bertz CT molecular complexity index is 1100. The van der Waals surface area contributed by atoms with E-state index in [1.165, 1.54) is 6.07 Å². The molecule has 1 heterocycles. The SMILES string of the molecule is N#Cc1nn(-c2ccccc2)c(=O)n(Cc2ccc(Cl)cc2Cl)c1=O. The number of rotatable bonds is 3. The molecule has 0 radical (unpaired) electrons. The maximum Gasteiger partial charge on any atom is 0.352 e. The minimum atomic E-state index is -0.773. The van der Waals surface area contributed by atoms with Crippen molar-refractivity contribution in [2.24, 2.45) is 0 Å². The zero-order chi connectivity index (χ0) is 18.0. The van der Waals surface area contributed by atoms with Crippen LogP contribution in [0.4, 0.5) is 0 Å². The Labute approximate surface area is 152 Å². The van der Waals surface area contributed by atoms with Gasteiger partial charge in [0.05, 0.1) is 12.2 Å². The first-order valence-corrected chi connectivity index (χ1v) is 7.90. The lowest BCUT2D eigenvalue weighted by atomic mass is 10.2. The summed E-state index contributed by atoms with van der Waals surface area (Å²) in [4.78, 5) is 25.1. The fraction of sp³-hybridized carbons (Fsp3) is 0.0588. The van der Waals surface area contributed by atoms with E-state index in [1.807, 2.05) is 0 Å². The number of hydrogen-bond acceptors (Lipinski definition) is 4. The molecular formula is C17H10Cl2N4O2. The van der Waals surface area contributed by atoms with E-state index in [-0.39, 0.29) is 12.2 Å². The molecule has 0 aliphatic carbocycles. The second-order valence-corrected chi connectivity index (χ2v) is 5.96. The number of benzene rings is 2. The van der Waals surface area contributed by atoms with Crippen molar-refractivity contribution in [3.8, 4) is 11.8 Å². The predicted molar refractivity (Wildman–Crippen MR) is 94.4 cm³/mol. The normalized spacial score (nSPS) is 10.4. The van der Waals surface area contributed by atoms with Crippen LogP contribution in [0.5, 0.6) is 0 Å². The summed E-state index contributed by atoms with van der Waals surface area (Å²) in [5, 5.41) is 13.8. The van der Waals surface area contributed by atoms with Crippen molar-refractivity contribution in [2.45, 2.75) is 6.54 Å². The third kappa shape index (κ3) is 3.33. The Morgan fingerprint density at radius 1 is 1.08 bits per heavy atom. The molecule has 0 amide bonds. The van der Waals surface area contributed by atoms with Gasteiger partial charge >= 0.3 is 5.69 Å². The van der Waals surface area contributed by atoms with Gasteiger partial charge in [-0.3, -0.25) is 9.36 Å². The number of para-hydroxylation sites is 1. The largest absolute Gasteiger partial charge is 0.352 e. The van der Waals surface area contributed by atoms with Gasteiger partial charge in [-0.05, 0) is 29.8 Å². The smallest absolute Gasteiger partial charge is 0.266 e. The molecule has 0 saturated carbocycles. The summed E-state index contributed by atoms with van der Waals surface area (Å²) >= 11 is 12.0. The highest BCUT2D eigenvalue weighted by Gasteiger charge is 2.15. The zero-order valence-corrected chi connectivity index (χ0v) is 14.2. The molecule has 0 fully saturated rings. The van der Waals surface area contributed by atoms with Crippen LogP contribution in [0, 0.1) is 11.3 Å². The topological polar surface area (TPSA) is 80.7 Å². The lowest BCUT2D eigenvalue weighted by Gasteiger charge is -2.11. The molecule has 2 aromatic carbocycles. The molecule has 0 N–H and O–H groups in total. The van der Waals surface area contributed by atoms with E-state index in [1.54, 1.807) is 48.5 Å². The van der Waals surface area contributed by atoms with Crippen LogP contribution in [-0.2, 0) is 6.54 Å². The fourth-order valence-corrected chi connectivity index (χ4v) is 2.75. The average Bonchev–Trinajstić information content (AvgIpc) is 2.61. The lowest BCUT2D eigenvalue weighted by molar-refractivity contribution is 0.611. The van der Waals surface area contributed by atoms with Gasteiger partial charge in [0.1, 0.15) is 6.07 Å². The van der Waals surface area contributed by atoms with Gasteiger partial charge in [0.25, 0.3) is 5.56 Å². The Morgan fingerprint density at radius 3 is 2.44 bits per heavy atom. The Hall–Kier alpha value is -2.88. The third-order valence-electron chi connectivity index (χ3n) is 3.51. The van der Waals surface area contributed by atoms with Crippen LogP contribution in [0.15, 0.2) is 58.1 Å². The summed E-state index contributed by atoms with van der Waals surface area (Å²) in [6, 6.07) is 15.0. The lowest BCUT2D eigenvalue weighted by Crippen LogP contribution is -2.42. The zero-order valence-electron chi connectivity index (χ0n) is 12.7. The minimum Gasteiger partial charge on any atom is -0.266 e. The molecule has 0 aliphatic heterocycles. The van der Waals surface area contributed by atoms with Gasteiger partial charge < -0.3 is 0 Å². The van der Waals surface area contributed by atoms with Crippen LogP contribution < -0.4 is 11.2 Å². The van der Waals surface area contributed by atoms with Gasteiger partial charge in [-0.25, -0.2) is 4.79 Å². The van der Waals surface area contributed by atoms with Crippen molar-refractivity contribution in [1.29, 1.82) is 5.26 Å². The van der Waals surface area contributed by atoms with Gasteiger partial charge in [0.15, 0.2) is 0 Å². The van der Waals surface area contributed by atoms with Crippen molar-refractivity contribution < 1.29 is 0 Å². The van der Waals surface area contributed by atoms with E-state index in [9.17, 15) is 14.9 Å². The predicted octanol–water partition coefficient (Wildman–Crippen LogP) is 2.62. The first-order chi connectivity index (χ1) is 12.0. The van der Waals surface area contributed by atoms with Crippen molar-refractivity contribution in [3.05, 3.63) is 90.7 Å². The standard InChI is InChI=1S/C17H10Cl2N4O2/c18-12-7-6-11(14(19)8-12)10-22-16(24)15(9-20)21-23(17(22)25)13-4-2-1-3-5-13/h1-8H,10H2. The van der Waals surface area contributed by atoms with E-state index < -0.39 is 11.2 Å². The summed E-state index contributed by atoms with van der Waals surface area (Å²) in [5.74, 6) is 0. The number of aromatic nitrogens is 3. The van der Waals surface area contributed by atoms with Crippen molar-refractivity contribution in [2.75, 3.05) is 0 Å². The third-order valence-corrected chi connectivity index (χ3v) is 4.10. The molecular weight excluding hydrogens is 363 g/mol. The monoisotopic (exact) mass is 372 g/mol. The van der Waals surface area contributed by atoms with E-state index in [0.29, 0.717) is 21.3 Å². The molecule has 0 aliphatic rings. The maximum absolute atomic E-state index is 12.7. The number of nitrogens with zero attached hydrogens (tertiary/aromatic N) is 4. The van der Waals surface area contributed by atoms with E-state index in [0.717, 1.165) is 9.25 Å². The van der Waals surface area contributed by atoms with Crippen LogP contribution in [0.2, 0.25) is 10.0 Å². The summed E-state index contributed by atoms with van der Waals surface area (Å²) in [5.41, 5.74) is -0.847. The average molecular weight is 373 g/mol. The summed E-state index contributed by atoms with van der Waals surface area (Å²) < 4.78 is 1.94. The first kappa shape index (κ1) is 17.0. The van der Waals surface area contributed by atoms with Crippen LogP contribution >= 0.6 is 23.2 Å². The summed E-state index contributed by atoms with van der Waals surface area (Å²) in [7, 11) is 0. The van der Waals surface area contributed by atoms with Crippen molar-refractivity contribution >= 4 is 23.2 Å². The van der Waals surface area contributed by atoms with Crippen molar-refractivity contribution in [1.82, 2.24) is 14.3 Å². The first-order valence-electron chi connectivity index (χ1n) is 7.15. The molecule has 25 heavy (non-hydrogen) atoms. The second-order valence-electron chi connectivity index (χ2n) is 5.12. The van der Waals surface area contributed by atoms with E-state index >= 15 is 0 Å². The molecule has 0 saturated heterocycles. The summed E-state index contributed by atoms with van der Waals surface area (Å²) in [6.45, 7) is -0.0995. The molecule has 1 aromatic heterocycles. The number of hydrogen-bond donors (Lipinski definition) is 0. The molecule has 0 unspecified atom stereocenters. The molecule has 3 rings (SSSR count). The number of halogens is 2. The van der Waals surface area contributed by atoms with Crippen LogP contribution in [-0.4, -0.2) is 14.3 Å².